The Labute approximate surface area is 184 Å². The predicted molar refractivity (Wildman–Crippen MR) is 122 cm³/mol. The van der Waals surface area contributed by atoms with Crippen molar-refractivity contribution in [2.24, 2.45) is 0 Å². The van der Waals surface area contributed by atoms with Crippen molar-refractivity contribution in [3.8, 4) is 17.2 Å². The summed E-state index contributed by atoms with van der Waals surface area (Å²) in [6, 6.07) is 20.8. The zero-order valence-electron chi connectivity index (χ0n) is 16.7. The third-order valence-electron chi connectivity index (χ3n) is 4.25. The fraction of sp³-hybridized carbons (Fsp3) is 0.125. The van der Waals surface area contributed by atoms with Gasteiger partial charge in [0.1, 0.15) is 6.61 Å². The van der Waals surface area contributed by atoms with Crippen LogP contribution in [0.15, 0.2) is 77.3 Å². The Bertz CT molecular complexity index is 992. The molecule has 3 rings (SSSR count). The monoisotopic (exact) mass is 467 g/mol. The molecule has 0 aromatic heterocycles. The van der Waals surface area contributed by atoms with Gasteiger partial charge < -0.3 is 19.5 Å². The number of anilines is 1. The molecule has 0 radical (unpaired) electrons. The van der Waals surface area contributed by atoms with Crippen molar-refractivity contribution >= 4 is 33.6 Å². The largest absolute Gasteiger partial charge is 0.493 e. The third-order valence-corrected chi connectivity index (χ3v) is 4.78. The van der Waals surface area contributed by atoms with Crippen LogP contribution >= 0.6 is 15.9 Å². The van der Waals surface area contributed by atoms with Crippen LogP contribution in [0.1, 0.15) is 11.1 Å². The summed E-state index contributed by atoms with van der Waals surface area (Å²) in [6.07, 6.45) is 3.15. The molecule has 0 bridgehead atoms. The van der Waals surface area contributed by atoms with Gasteiger partial charge in [-0.05, 0) is 53.6 Å². The van der Waals surface area contributed by atoms with Gasteiger partial charge in [0.2, 0.25) is 11.7 Å². The van der Waals surface area contributed by atoms with E-state index >= 15 is 0 Å². The Balaban J connectivity index is 1.74. The van der Waals surface area contributed by atoms with Gasteiger partial charge in [-0.15, -0.1) is 0 Å². The number of amides is 1. The van der Waals surface area contributed by atoms with Crippen LogP contribution in [0.4, 0.5) is 5.69 Å². The van der Waals surface area contributed by atoms with Crippen molar-refractivity contribution in [2.75, 3.05) is 19.5 Å². The molecule has 3 aromatic rings. The van der Waals surface area contributed by atoms with Gasteiger partial charge in [-0.3, -0.25) is 4.79 Å². The number of carbonyl (C=O) groups excluding carboxylic acids is 1. The first-order chi connectivity index (χ1) is 14.6. The molecule has 0 aliphatic heterocycles. The van der Waals surface area contributed by atoms with E-state index in [2.05, 4.69) is 21.2 Å². The number of halogens is 1. The van der Waals surface area contributed by atoms with Gasteiger partial charge in [-0.25, -0.2) is 0 Å². The number of benzene rings is 3. The fourth-order valence-corrected chi connectivity index (χ4v) is 3.02. The summed E-state index contributed by atoms with van der Waals surface area (Å²) >= 11 is 3.37. The molecular formula is C24H22BrNO4. The molecule has 6 heteroatoms. The lowest BCUT2D eigenvalue weighted by molar-refractivity contribution is -0.111. The molecular weight excluding hydrogens is 446 g/mol. The van der Waals surface area contributed by atoms with Crippen LogP contribution in [0.5, 0.6) is 17.2 Å². The average Bonchev–Trinajstić information content (AvgIpc) is 2.78. The molecule has 0 aliphatic carbocycles. The Morgan fingerprint density at radius 2 is 1.60 bits per heavy atom. The SMILES string of the molecule is COc1cc(/C=C/C(=O)Nc2ccc(Br)cc2)cc(OC)c1OCc1ccccc1. The molecule has 1 N–H and O–H groups in total. The number of hydrogen-bond donors (Lipinski definition) is 1. The van der Waals surface area contributed by atoms with E-state index in [-0.39, 0.29) is 5.91 Å². The molecule has 0 aliphatic rings. The summed E-state index contributed by atoms with van der Waals surface area (Å²) in [5.74, 6) is 1.33. The molecule has 0 atom stereocenters. The number of hydrogen-bond acceptors (Lipinski definition) is 4. The summed E-state index contributed by atoms with van der Waals surface area (Å²) in [4.78, 5) is 12.2. The van der Waals surface area contributed by atoms with Gasteiger partial charge >= 0.3 is 0 Å². The molecule has 0 unspecified atom stereocenters. The van der Waals surface area contributed by atoms with Gasteiger partial charge in [0.05, 0.1) is 14.2 Å². The van der Waals surface area contributed by atoms with E-state index < -0.39 is 0 Å². The minimum absolute atomic E-state index is 0.236. The highest BCUT2D eigenvalue weighted by atomic mass is 79.9. The molecule has 3 aromatic carbocycles. The van der Waals surface area contributed by atoms with Crippen molar-refractivity contribution in [3.63, 3.8) is 0 Å². The zero-order chi connectivity index (χ0) is 21.3. The number of carbonyl (C=O) groups is 1. The second-order valence-electron chi connectivity index (χ2n) is 6.36. The lowest BCUT2D eigenvalue weighted by Crippen LogP contribution is -2.07. The molecule has 30 heavy (non-hydrogen) atoms. The first-order valence-electron chi connectivity index (χ1n) is 9.26. The maximum absolute atomic E-state index is 12.2. The van der Waals surface area contributed by atoms with Gasteiger partial charge in [-0.1, -0.05) is 46.3 Å². The van der Waals surface area contributed by atoms with E-state index in [0.29, 0.717) is 29.5 Å². The van der Waals surface area contributed by atoms with Gasteiger partial charge in [-0.2, -0.15) is 0 Å². The van der Waals surface area contributed by atoms with Crippen LogP contribution in [0.2, 0.25) is 0 Å². The molecule has 154 valence electrons. The van der Waals surface area contributed by atoms with Crippen molar-refractivity contribution in [2.45, 2.75) is 6.61 Å². The normalized spacial score (nSPS) is 10.6. The Morgan fingerprint density at radius 1 is 0.967 bits per heavy atom. The molecule has 5 nitrogen and oxygen atoms in total. The zero-order valence-corrected chi connectivity index (χ0v) is 18.3. The van der Waals surface area contributed by atoms with Crippen LogP contribution < -0.4 is 19.5 Å². The molecule has 0 saturated carbocycles. The number of nitrogens with one attached hydrogen (secondary N) is 1. The maximum Gasteiger partial charge on any atom is 0.248 e. The van der Waals surface area contributed by atoms with Crippen molar-refractivity contribution in [1.82, 2.24) is 0 Å². The van der Waals surface area contributed by atoms with Crippen LogP contribution in [0, 0.1) is 0 Å². The summed E-state index contributed by atoms with van der Waals surface area (Å²) in [6.45, 7) is 0.387. The predicted octanol–water partition coefficient (Wildman–Crippen LogP) is 5.70. The van der Waals surface area contributed by atoms with Crippen LogP contribution in [0.25, 0.3) is 6.08 Å². The highest BCUT2D eigenvalue weighted by Gasteiger charge is 2.14. The fourth-order valence-electron chi connectivity index (χ4n) is 2.76. The average molecular weight is 468 g/mol. The third kappa shape index (κ3) is 5.87. The summed E-state index contributed by atoms with van der Waals surface area (Å²) < 4.78 is 17.9. The summed E-state index contributed by atoms with van der Waals surface area (Å²) in [5, 5.41) is 2.81. The first kappa shape index (κ1) is 21.5. The van der Waals surface area contributed by atoms with Gasteiger partial charge in [0.15, 0.2) is 11.5 Å². The van der Waals surface area contributed by atoms with Gasteiger partial charge in [0, 0.05) is 16.2 Å². The quantitative estimate of drug-likeness (QED) is 0.431. The molecule has 1 amide bonds. The smallest absolute Gasteiger partial charge is 0.248 e. The van der Waals surface area contributed by atoms with Crippen LogP contribution in [-0.4, -0.2) is 20.1 Å². The Morgan fingerprint density at radius 3 is 2.20 bits per heavy atom. The second-order valence-corrected chi connectivity index (χ2v) is 7.27. The van der Waals surface area contributed by atoms with E-state index in [0.717, 1.165) is 15.6 Å². The lowest BCUT2D eigenvalue weighted by atomic mass is 10.1. The molecule has 0 fully saturated rings. The highest BCUT2D eigenvalue weighted by molar-refractivity contribution is 9.10. The highest BCUT2D eigenvalue weighted by Crippen LogP contribution is 2.39. The van der Waals surface area contributed by atoms with E-state index in [9.17, 15) is 4.79 Å². The van der Waals surface area contributed by atoms with Crippen molar-refractivity contribution < 1.29 is 19.0 Å². The number of ether oxygens (including phenoxy) is 3. The van der Waals surface area contributed by atoms with E-state index in [1.54, 1.807) is 32.4 Å². The number of rotatable bonds is 8. The standard InChI is InChI=1S/C24H22BrNO4/c1-28-21-14-18(8-13-23(27)26-20-11-9-19(25)10-12-20)15-22(29-2)24(21)30-16-17-6-4-3-5-7-17/h3-15H,16H2,1-2H3,(H,26,27)/b13-8+. The Kier molecular flexibility index (Phi) is 7.51. The molecule has 0 saturated heterocycles. The van der Waals surface area contributed by atoms with Crippen LogP contribution in [0.3, 0.4) is 0 Å². The minimum atomic E-state index is -0.236. The molecule has 0 spiro atoms. The maximum atomic E-state index is 12.2. The first-order valence-corrected chi connectivity index (χ1v) is 10.1. The summed E-state index contributed by atoms with van der Waals surface area (Å²) in [7, 11) is 3.13. The second kappa shape index (κ2) is 10.5. The van der Waals surface area contributed by atoms with Crippen LogP contribution in [-0.2, 0) is 11.4 Å². The van der Waals surface area contributed by atoms with Crippen molar-refractivity contribution in [3.05, 3.63) is 88.4 Å². The Hall–Kier alpha value is -3.25. The molecule has 0 heterocycles. The van der Waals surface area contributed by atoms with Crippen molar-refractivity contribution in [1.29, 1.82) is 0 Å². The van der Waals surface area contributed by atoms with E-state index in [1.807, 2.05) is 54.6 Å². The summed E-state index contributed by atoms with van der Waals surface area (Å²) in [5.41, 5.74) is 2.50. The lowest BCUT2D eigenvalue weighted by Gasteiger charge is -2.15. The topological polar surface area (TPSA) is 56.8 Å². The van der Waals surface area contributed by atoms with E-state index in [1.165, 1.54) is 6.08 Å². The van der Waals surface area contributed by atoms with Gasteiger partial charge in [0.25, 0.3) is 0 Å². The van der Waals surface area contributed by atoms with E-state index in [4.69, 9.17) is 14.2 Å². The number of methoxy groups -OCH3 is 2. The minimum Gasteiger partial charge on any atom is -0.493 e.